The first-order valence-electron chi connectivity index (χ1n) is 8.45. The number of nitrogens with zero attached hydrogens (tertiary/aromatic N) is 4. The van der Waals surface area contributed by atoms with Crippen molar-refractivity contribution in [3.05, 3.63) is 84.9 Å². The molecule has 1 aliphatic rings. The molecule has 5 heterocycles. The van der Waals surface area contributed by atoms with Gasteiger partial charge in [0.05, 0.1) is 23.0 Å². The second kappa shape index (κ2) is 4.57. The van der Waals surface area contributed by atoms with Crippen LogP contribution in [0, 0.1) is 0 Å². The first-order chi connectivity index (χ1) is 12.4. The van der Waals surface area contributed by atoms with Gasteiger partial charge in [0.25, 0.3) is 5.82 Å². The molecule has 0 aliphatic carbocycles. The van der Waals surface area contributed by atoms with Gasteiger partial charge in [0.1, 0.15) is 12.2 Å². The molecular formula is C21H15N4+. The summed E-state index contributed by atoms with van der Waals surface area (Å²) < 4.78 is 6.96. The van der Waals surface area contributed by atoms with Crippen molar-refractivity contribution in [2.75, 3.05) is 0 Å². The number of hydrogen-bond acceptors (Lipinski definition) is 1. The van der Waals surface area contributed by atoms with Crippen LogP contribution in [0.3, 0.4) is 0 Å². The highest BCUT2D eigenvalue weighted by Gasteiger charge is 2.37. The van der Waals surface area contributed by atoms with Gasteiger partial charge in [0.2, 0.25) is 5.52 Å². The SMILES string of the molecule is c1ccc(-n2c3[n+](c4cn5ccccc5c42)Cc2ncccc2-3)cc1. The van der Waals surface area contributed by atoms with Crippen molar-refractivity contribution in [1.29, 1.82) is 0 Å². The van der Waals surface area contributed by atoms with Crippen LogP contribution in [0.4, 0.5) is 0 Å². The zero-order valence-electron chi connectivity index (χ0n) is 13.5. The number of rotatable bonds is 1. The molecule has 1 aliphatic heterocycles. The van der Waals surface area contributed by atoms with E-state index in [1.54, 1.807) is 0 Å². The molecule has 0 N–H and O–H groups in total. The highest BCUT2D eigenvalue weighted by atomic mass is 15.2. The van der Waals surface area contributed by atoms with Crippen LogP contribution in [0.2, 0.25) is 0 Å². The fraction of sp³-hybridized carbons (Fsp3) is 0.0476. The standard InChI is InChI=1S/C21H15N4/c1-2-7-15(8-3-1)25-20-18-10-4-5-12-23(18)14-19(20)24-13-17-16(21(24)25)9-6-11-22-17/h1-12,14H,13H2/q+1. The zero-order chi connectivity index (χ0) is 16.4. The van der Waals surface area contributed by atoms with Crippen molar-refractivity contribution in [3.8, 4) is 17.1 Å². The van der Waals surface area contributed by atoms with Crippen LogP contribution in [0.5, 0.6) is 0 Å². The molecule has 4 heteroatoms. The van der Waals surface area contributed by atoms with E-state index in [2.05, 4.69) is 85.5 Å². The van der Waals surface area contributed by atoms with Gasteiger partial charge in [-0.25, -0.2) is 4.57 Å². The van der Waals surface area contributed by atoms with Crippen LogP contribution in [0.25, 0.3) is 33.6 Å². The minimum Gasteiger partial charge on any atom is -0.316 e. The highest BCUT2D eigenvalue weighted by molar-refractivity contribution is 5.94. The average Bonchev–Trinajstić information content (AvgIpc) is 3.30. The summed E-state index contributed by atoms with van der Waals surface area (Å²) in [4.78, 5) is 4.60. The predicted octanol–water partition coefficient (Wildman–Crippen LogP) is 3.59. The Labute approximate surface area is 144 Å². The maximum Gasteiger partial charge on any atom is 0.297 e. The zero-order valence-corrected chi connectivity index (χ0v) is 13.5. The van der Waals surface area contributed by atoms with Crippen LogP contribution in [0.15, 0.2) is 79.3 Å². The smallest absolute Gasteiger partial charge is 0.297 e. The number of para-hydroxylation sites is 1. The monoisotopic (exact) mass is 323 g/mol. The second-order valence-electron chi connectivity index (χ2n) is 6.43. The van der Waals surface area contributed by atoms with Gasteiger partial charge >= 0.3 is 0 Å². The number of aromatic nitrogens is 4. The maximum absolute atomic E-state index is 4.60. The summed E-state index contributed by atoms with van der Waals surface area (Å²) in [6, 6.07) is 21.1. The fourth-order valence-corrected chi connectivity index (χ4v) is 4.03. The second-order valence-corrected chi connectivity index (χ2v) is 6.43. The van der Waals surface area contributed by atoms with Gasteiger partial charge < -0.3 is 4.40 Å². The Morgan fingerprint density at radius 3 is 2.72 bits per heavy atom. The number of pyridine rings is 2. The number of imidazole rings is 1. The Morgan fingerprint density at radius 1 is 0.920 bits per heavy atom. The molecule has 0 fully saturated rings. The molecule has 0 unspecified atom stereocenters. The van der Waals surface area contributed by atoms with Crippen molar-refractivity contribution in [2.24, 2.45) is 0 Å². The lowest BCUT2D eigenvalue weighted by Crippen LogP contribution is -2.31. The topological polar surface area (TPSA) is 26.1 Å². The van der Waals surface area contributed by atoms with Crippen molar-refractivity contribution in [3.63, 3.8) is 0 Å². The molecule has 0 spiro atoms. The molecule has 0 saturated carbocycles. The van der Waals surface area contributed by atoms with E-state index in [0.29, 0.717) is 0 Å². The molecule has 4 nitrogen and oxygen atoms in total. The van der Waals surface area contributed by atoms with E-state index in [0.717, 1.165) is 12.2 Å². The lowest BCUT2D eigenvalue weighted by Gasteiger charge is -2.02. The molecule has 0 radical (unpaired) electrons. The predicted molar refractivity (Wildman–Crippen MR) is 96.8 cm³/mol. The number of benzene rings is 1. The Balaban J connectivity index is 1.84. The van der Waals surface area contributed by atoms with Crippen LogP contribution in [-0.4, -0.2) is 14.0 Å². The van der Waals surface area contributed by atoms with Crippen LogP contribution in [-0.2, 0) is 6.54 Å². The summed E-state index contributed by atoms with van der Waals surface area (Å²) in [5.41, 5.74) is 7.24. The van der Waals surface area contributed by atoms with Crippen LogP contribution < -0.4 is 4.57 Å². The van der Waals surface area contributed by atoms with E-state index >= 15 is 0 Å². The third-order valence-corrected chi connectivity index (χ3v) is 5.07. The summed E-state index contributed by atoms with van der Waals surface area (Å²) in [5, 5.41) is 0. The molecule has 6 rings (SSSR count). The van der Waals surface area contributed by atoms with Gasteiger partial charge in [-0.05, 0) is 36.4 Å². The van der Waals surface area contributed by atoms with E-state index in [1.165, 1.54) is 33.6 Å². The molecule has 5 aromatic rings. The number of fused-ring (bicyclic) bond motifs is 7. The summed E-state index contributed by atoms with van der Waals surface area (Å²) in [7, 11) is 0. The third kappa shape index (κ3) is 1.61. The van der Waals surface area contributed by atoms with Gasteiger partial charge in [0.15, 0.2) is 5.52 Å². The first kappa shape index (κ1) is 13.0. The van der Waals surface area contributed by atoms with Crippen LogP contribution >= 0.6 is 0 Å². The fourth-order valence-electron chi connectivity index (χ4n) is 4.03. The molecule has 0 bridgehead atoms. The Morgan fingerprint density at radius 2 is 1.80 bits per heavy atom. The average molecular weight is 323 g/mol. The van der Waals surface area contributed by atoms with Crippen molar-refractivity contribution >= 4 is 16.6 Å². The molecule has 0 atom stereocenters. The lowest BCUT2D eigenvalue weighted by molar-refractivity contribution is -0.646. The molecule has 1 aromatic carbocycles. The number of hydrogen-bond donors (Lipinski definition) is 0. The Bertz CT molecular complexity index is 1260. The van der Waals surface area contributed by atoms with E-state index in [1.807, 2.05) is 12.3 Å². The van der Waals surface area contributed by atoms with E-state index in [9.17, 15) is 0 Å². The molecule has 118 valence electrons. The van der Waals surface area contributed by atoms with Gasteiger partial charge in [-0.3, -0.25) is 4.98 Å². The van der Waals surface area contributed by atoms with Gasteiger partial charge in [-0.1, -0.05) is 24.3 Å². The Kier molecular flexibility index (Phi) is 2.37. The molecule has 0 saturated heterocycles. The van der Waals surface area contributed by atoms with E-state index in [-0.39, 0.29) is 0 Å². The summed E-state index contributed by atoms with van der Waals surface area (Å²) in [6.07, 6.45) is 6.21. The van der Waals surface area contributed by atoms with Crippen LogP contribution in [0.1, 0.15) is 5.69 Å². The Hall–Kier alpha value is -3.40. The third-order valence-electron chi connectivity index (χ3n) is 5.07. The quantitative estimate of drug-likeness (QED) is 0.425. The highest BCUT2D eigenvalue weighted by Crippen LogP contribution is 2.35. The first-order valence-corrected chi connectivity index (χ1v) is 8.45. The van der Waals surface area contributed by atoms with E-state index < -0.39 is 0 Å². The van der Waals surface area contributed by atoms with Gasteiger partial charge in [-0.2, -0.15) is 4.57 Å². The van der Waals surface area contributed by atoms with Gasteiger partial charge in [-0.15, -0.1) is 0 Å². The molecule has 4 aromatic heterocycles. The summed E-state index contributed by atoms with van der Waals surface area (Å²) in [5.74, 6) is 1.21. The normalized spacial score (nSPS) is 12.6. The summed E-state index contributed by atoms with van der Waals surface area (Å²) in [6.45, 7) is 0.818. The molecular weight excluding hydrogens is 308 g/mol. The van der Waals surface area contributed by atoms with Crippen molar-refractivity contribution in [2.45, 2.75) is 6.54 Å². The maximum atomic E-state index is 4.60. The minimum absolute atomic E-state index is 0.818. The molecule has 25 heavy (non-hydrogen) atoms. The lowest BCUT2D eigenvalue weighted by atomic mass is 10.2. The largest absolute Gasteiger partial charge is 0.316 e. The minimum atomic E-state index is 0.818. The van der Waals surface area contributed by atoms with Gasteiger partial charge in [0, 0.05) is 12.4 Å². The summed E-state index contributed by atoms with van der Waals surface area (Å²) >= 11 is 0. The molecule has 0 amide bonds. The van der Waals surface area contributed by atoms with Crippen molar-refractivity contribution < 1.29 is 4.57 Å². The van der Waals surface area contributed by atoms with E-state index in [4.69, 9.17) is 0 Å². The van der Waals surface area contributed by atoms with Crippen molar-refractivity contribution in [1.82, 2.24) is 14.0 Å².